The van der Waals surface area contributed by atoms with Crippen LogP contribution in [0.4, 0.5) is 0 Å². The molecule has 0 unspecified atom stereocenters. The van der Waals surface area contributed by atoms with E-state index in [4.69, 9.17) is 4.42 Å². The molecule has 1 aromatic heterocycles. The van der Waals surface area contributed by atoms with Gasteiger partial charge in [-0.15, -0.1) is 0 Å². The second-order valence-corrected chi connectivity index (χ2v) is 4.75. The number of furan rings is 1. The predicted molar refractivity (Wildman–Crippen MR) is 63.7 cm³/mol. The Bertz CT molecular complexity index is 423. The Hall–Kier alpha value is -1.24. The standard InChI is InChI=1S/C14H18O/c1-8(2)13-9(3)6-12-14(11(13)5)10(4)7-15-12/h7,9,13H,1,5-6H2,2-4H3/t9-,13+/m1/s1. The van der Waals surface area contributed by atoms with Crippen molar-refractivity contribution >= 4 is 5.57 Å². The lowest BCUT2D eigenvalue weighted by Gasteiger charge is -2.31. The van der Waals surface area contributed by atoms with E-state index in [9.17, 15) is 0 Å². The van der Waals surface area contributed by atoms with Crippen LogP contribution in [0, 0.1) is 18.8 Å². The number of aryl methyl sites for hydroxylation is 1. The maximum absolute atomic E-state index is 5.57. The topological polar surface area (TPSA) is 13.1 Å². The highest BCUT2D eigenvalue weighted by atomic mass is 16.3. The van der Waals surface area contributed by atoms with E-state index < -0.39 is 0 Å². The first-order chi connectivity index (χ1) is 7.02. The number of fused-ring (bicyclic) bond motifs is 1. The van der Waals surface area contributed by atoms with Gasteiger partial charge in [0.1, 0.15) is 5.76 Å². The smallest absolute Gasteiger partial charge is 0.111 e. The highest BCUT2D eigenvalue weighted by Gasteiger charge is 2.32. The molecule has 1 heteroatoms. The van der Waals surface area contributed by atoms with Crippen molar-refractivity contribution < 1.29 is 4.42 Å². The molecule has 0 aromatic carbocycles. The van der Waals surface area contributed by atoms with Crippen molar-refractivity contribution in [1.82, 2.24) is 0 Å². The van der Waals surface area contributed by atoms with E-state index in [0.29, 0.717) is 11.8 Å². The summed E-state index contributed by atoms with van der Waals surface area (Å²) >= 11 is 0. The van der Waals surface area contributed by atoms with Crippen LogP contribution in [-0.2, 0) is 6.42 Å². The van der Waals surface area contributed by atoms with Crippen molar-refractivity contribution in [3.8, 4) is 0 Å². The minimum Gasteiger partial charge on any atom is -0.468 e. The van der Waals surface area contributed by atoms with Crippen LogP contribution < -0.4 is 0 Å². The Balaban J connectivity index is 2.50. The van der Waals surface area contributed by atoms with E-state index >= 15 is 0 Å². The molecular formula is C14H18O. The third-order valence-corrected chi connectivity index (χ3v) is 3.35. The molecule has 0 saturated carbocycles. The molecule has 0 saturated heterocycles. The second kappa shape index (κ2) is 3.41. The van der Waals surface area contributed by atoms with Crippen molar-refractivity contribution in [2.45, 2.75) is 27.2 Å². The van der Waals surface area contributed by atoms with Gasteiger partial charge in [0.15, 0.2) is 0 Å². The molecule has 0 radical (unpaired) electrons. The molecule has 1 aliphatic rings. The maximum Gasteiger partial charge on any atom is 0.111 e. The lowest BCUT2D eigenvalue weighted by molar-refractivity contribution is 0.405. The zero-order valence-electron chi connectivity index (χ0n) is 9.76. The van der Waals surface area contributed by atoms with Crippen LogP contribution in [0.5, 0.6) is 0 Å². The van der Waals surface area contributed by atoms with E-state index in [0.717, 1.165) is 12.2 Å². The monoisotopic (exact) mass is 202 g/mol. The summed E-state index contributed by atoms with van der Waals surface area (Å²) in [6.45, 7) is 14.7. The van der Waals surface area contributed by atoms with Crippen LogP contribution in [0.1, 0.15) is 30.7 Å². The van der Waals surface area contributed by atoms with Crippen LogP contribution >= 0.6 is 0 Å². The highest BCUT2D eigenvalue weighted by Crippen LogP contribution is 2.43. The molecule has 0 N–H and O–H groups in total. The molecule has 0 spiro atoms. The minimum absolute atomic E-state index is 0.411. The number of hydrogen-bond acceptors (Lipinski definition) is 1. The molecule has 0 amide bonds. The van der Waals surface area contributed by atoms with E-state index in [1.54, 1.807) is 0 Å². The summed E-state index contributed by atoms with van der Waals surface area (Å²) in [5, 5.41) is 0. The third-order valence-electron chi connectivity index (χ3n) is 3.35. The first-order valence-electron chi connectivity index (χ1n) is 5.44. The molecule has 1 heterocycles. The molecule has 1 aromatic rings. The first kappa shape index (κ1) is 10.3. The first-order valence-corrected chi connectivity index (χ1v) is 5.44. The Labute approximate surface area is 91.5 Å². The lowest BCUT2D eigenvalue weighted by atomic mass is 9.73. The lowest BCUT2D eigenvalue weighted by Crippen LogP contribution is -2.22. The van der Waals surface area contributed by atoms with E-state index in [-0.39, 0.29) is 0 Å². The average Bonchev–Trinajstić information content (AvgIpc) is 2.46. The van der Waals surface area contributed by atoms with E-state index in [2.05, 4.69) is 33.9 Å². The quantitative estimate of drug-likeness (QED) is 0.628. The van der Waals surface area contributed by atoms with E-state index in [1.165, 1.54) is 22.3 Å². The summed E-state index contributed by atoms with van der Waals surface area (Å²) in [5.74, 6) is 2.06. The summed E-state index contributed by atoms with van der Waals surface area (Å²) in [6, 6.07) is 0. The zero-order chi connectivity index (χ0) is 11.2. The Kier molecular flexibility index (Phi) is 2.34. The van der Waals surface area contributed by atoms with Crippen molar-refractivity contribution in [3.63, 3.8) is 0 Å². The largest absolute Gasteiger partial charge is 0.468 e. The van der Waals surface area contributed by atoms with Crippen LogP contribution in [0.2, 0.25) is 0 Å². The Morgan fingerprint density at radius 1 is 1.53 bits per heavy atom. The fourth-order valence-electron chi connectivity index (χ4n) is 2.77. The van der Waals surface area contributed by atoms with Gasteiger partial charge in [0.05, 0.1) is 6.26 Å². The summed E-state index contributed by atoms with van der Waals surface area (Å²) in [5.41, 5.74) is 4.83. The SMILES string of the molecule is C=C(C)[C@@H]1C(=C)c2c(C)coc2C[C@H]1C. The van der Waals surface area contributed by atoms with Gasteiger partial charge in [-0.3, -0.25) is 0 Å². The molecule has 1 aliphatic carbocycles. The number of allylic oxidation sites excluding steroid dienone is 2. The Morgan fingerprint density at radius 2 is 2.20 bits per heavy atom. The van der Waals surface area contributed by atoms with Gasteiger partial charge < -0.3 is 4.42 Å². The molecule has 1 nitrogen and oxygen atoms in total. The van der Waals surface area contributed by atoms with Gasteiger partial charge in [0.25, 0.3) is 0 Å². The molecule has 2 atom stereocenters. The number of hydrogen-bond donors (Lipinski definition) is 0. The van der Waals surface area contributed by atoms with Crippen LogP contribution in [0.15, 0.2) is 29.4 Å². The predicted octanol–water partition coefficient (Wildman–Crippen LogP) is 3.99. The highest BCUT2D eigenvalue weighted by molar-refractivity contribution is 5.73. The van der Waals surface area contributed by atoms with Crippen LogP contribution in [-0.4, -0.2) is 0 Å². The summed E-state index contributed by atoms with van der Waals surface area (Å²) < 4.78 is 5.57. The second-order valence-electron chi connectivity index (χ2n) is 4.75. The van der Waals surface area contributed by atoms with Gasteiger partial charge in [-0.2, -0.15) is 0 Å². The van der Waals surface area contributed by atoms with Crippen molar-refractivity contribution in [2.75, 3.05) is 0 Å². The van der Waals surface area contributed by atoms with Gasteiger partial charge in [-0.05, 0) is 30.9 Å². The molecule has 0 aliphatic heterocycles. The molecule has 0 fully saturated rings. The Morgan fingerprint density at radius 3 is 2.80 bits per heavy atom. The summed E-state index contributed by atoms with van der Waals surface area (Å²) in [6.07, 6.45) is 2.84. The molecule has 15 heavy (non-hydrogen) atoms. The van der Waals surface area contributed by atoms with Gasteiger partial charge in [-0.25, -0.2) is 0 Å². The van der Waals surface area contributed by atoms with Gasteiger partial charge >= 0.3 is 0 Å². The fraction of sp³-hybridized carbons (Fsp3) is 0.429. The van der Waals surface area contributed by atoms with Gasteiger partial charge in [0.2, 0.25) is 0 Å². The van der Waals surface area contributed by atoms with Crippen LogP contribution in [0.3, 0.4) is 0 Å². The van der Waals surface area contributed by atoms with Gasteiger partial charge in [-0.1, -0.05) is 25.7 Å². The van der Waals surface area contributed by atoms with Gasteiger partial charge in [0, 0.05) is 17.9 Å². The van der Waals surface area contributed by atoms with E-state index in [1.807, 2.05) is 6.26 Å². The molecule has 80 valence electrons. The third kappa shape index (κ3) is 1.46. The molecular weight excluding hydrogens is 184 g/mol. The minimum atomic E-state index is 0.411. The maximum atomic E-state index is 5.57. The molecule has 0 bridgehead atoms. The van der Waals surface area contributed by atoms with Crippen LogP contribution in [0.25, 0.3) is 5.57 Å². The van der Waals surface area contributed by atoms with Crippen molar-refractivity contribution in [1.29, 1.82) is 0 Å². The number of rotatable bonds is 1. The normalized spacial score (nSPS) is 25.1. The average molecular weight is 202 g/mol. The zero-order valence-corrected chi connectivity index (χ0v) is 9.76. The van der Waals surface area contributed by atoms with Crippen molar-refractivity contribution in [2.24, 2.45) is 11.8 Å². The summed E-state index contributed by atoms with van der Waals surface area (Å²) in [7, 11) is 0. The van der Waals surface area contributed by atoms with Crippen molar-refractivity contribution in [3.05, 3.63) is 41.9 Å². The molecule has 2 rings (SSSR count). The summed E-state index contributed by atoms with van der Waals surface area (Å²) in [4.78, 5) is 0. The fourth-order valence-corrected chi connectivity index (χ4v) is 2.77.